The van der Waals surface area contributed by atoms with Crippen molar-refractivity contribution in [1.82, 2.24) is 0 Å². The fraction of sp³-hybridized carbons (Fsp3) is 0.167. The molecule has 3 aromatic carbocycles. The van der Waals surface area contributed by atoms with E-state index in [1.54, 1.807) is 0 Å². The molecule has 0 saturated carbocycles. The standard InChI is InChI=1S/C24H20N2/c25-17-23(19-9-3-1-4-10-19)15-21-13-7-8-14-22(21)16-24(18-26)20-11-5-2-6-12-20/h1-14,23-24H,15-16H2. The number of rotatable bonds is 6. The number of hydrogen-bond acceptors (Lipinski definition) is 2. The summed E-state index contributed by atoms with van der Waals surface area (Å²) in [4.78, 5) is 0. The Kier molecular flexibility index (Phi) is 5.81. The van der Waals surface area contributed by atoms with Gasteiger partial charge in [0.15, 0.2) is 0 Å². The lowest BCUT2D eigenvalue weighted by Gasteiger charge is -2.16. The van der Waals surface area contributed by atoms with Gasteiger partial charge in [-0.15, -0.1) is 0 Å². The van der Waals surface area contributed by atoms with Crippen LogP contribution < -0.4 is 0 Å². The first-order chi connectivity index (χ1) is 12.8. The molecule has 0 bridgehead atoms. The SMILES string of the molecule is N#CC(Cc1ccccc1CC(C#N)c1ccccc1)c1ccccc1. The van der Waals surface area contributed by atoms with Gasteiger partial charge < -0.3 is 0 Å². The second-order valence-corrected chi connectivity index (χ2v) is 6.36. The number of hydrogen-bond donors (Lipinski definition) is 0. The van der Waals surface area contributed by atoms with Crippen molar-refractivity contribution in [2.75, 3.05) is 0 Å². The van der Waals surface area contributed by atoms with Crippen molar-refractivity contribution < 1.29 is 0 Å². The van der Waals surface area contributed by atoms with E-state index in [9.17, 15) is 10.5 Å². The van der Waals surface area contributed by atoms with E-state index in [1.807, 2.05) is 72.8 Å². The molecule has 0 fully saturated rings. The summed E-state index contributed by atoms with van der Waals surface area (Å²) in [5.41, 5.74) is 4.34. The van der Waals surface area contributed by atoms with Gasteiger partial charge in [0, 0.05) is 0 Å². The molecule has 0 amide bonds. The molecule has 0 aromatic heterocycles. The highest BCUT2D eigenvalue weighted by Gasteiger charge is 2.17. The van der Waals surface area contributed by atoms with Gasteiger partial charge in [0.1, 0.15) is 0 Å². The van der Waals surface area contributed by atoms with Crippen LogP contribution in [0.1, 0.15) is 34.1 Å². The Balaban J connectivity index is 1.84. The van der Waals surface area contributed by atoms with Crippen LogP contribution in [0.25, 0.3) is 0 Å². The summed E-state index contributed by atoms with van der Waals surface area (Å²) in [5.74, 6) is -0.371. The molecular formula is C24H20N2. The van der Waals surface area contributed by atoms with Gasteiger partial charge in [0.25, 0.3) is 0 Å². The van der Waals surface area contributed by atoms with Crippen LogP contribution in [0.15, 0.2) is 84.9 Å². The molecule has 126 valence electrons. The zero-order chi connectivity index (χ0) is 18.2. The van der Waals surface area contributed by atoms with Crippen LogP contribution in [0.4, 0.5) is 0 Å². The zero-order valence-corrected chi connectivity index (χ0v) is 14.5. The predicted molar refractivity (Wildman–Crippen MR) is 103 cm³/mol. The van der Waals surface area contributed by atoms with Gasteiger partial charge in [0.2, 0.25) is 0 Å². The topological polar surface area (TPSA) is 47.6 Å². The molecule has 0 heterocycles. The smallest absolute Gasteiger partial charge is 0.0753 e. The Labute approximate surface area is 155 Å². The van der Waals surface area contributed by atoms with Crippen LogP contribution in [0, 0.1) is 22.7 Å². The summed E-state index contributed by atoms with van der Waals surface area (Å²) in [5, 5.41) is 19.3. The van der Waals surface area contributed by atoms with Gasteiger partial charge in [0.05, 0.1) is 24.0 Å². The first kappa shape index (κ1) is 17.5. The quantitative estimate of drug-likeness (QED) is 0.606. The minimum absolute atomic E-state index is 0.186. The number of benzene rings is 3. The first-order valence-electron chi connectivity index (χ1n) is 8.77. The molecular weight excluding hydrogens is 316 g/mol. The van der Waals surface area contributed by atoms with E-state index in [-0.39, 0.29) is 11.8 Å². The van der Waals surface area contributed by atoms with Crippen molar-refractivity contribution in [2.45, 2.75) is 24.7 Å². The summed E-state index contributed by atoms with van der Waals surface area (Å²) in [6, 6.07) is 32.8. The Hall–Kier alpha value is -3.36. The van der Waals surface area contributed by atoms with Crippen molar-refractivity contribution in [3.63, 3.8) is 0 Å². The molecule has 2 atom stereocenters. The van der Waals surface area contributed by atoms with E-state index < -0.39 is 0 Å². The number of nitriles is 2. The largest absolute Gasteiger partial charge is 0.198 e. The third kappa shape index (κ3) is 4.18. The molecule has 0 aliphatic heterocycles. The molecule has 0 spiro atoms. The maximum absolute atomic E-state index is 9.64. The van der Waals surface area contributed by atoms with Crippen LogP contribution in [0.3, 0.4) is 0 Å². The second-order valence-electron chi connectivity index (χ2n) is 6.36. The van der Waals surface area contributed by atoms with Gasteiger partial charge in [-0.3, -0.25) is 0 Å². The molecule has 3 rings (SSSR count). The molecule has 0 aliphatic carbocycles. The molecule has 0 saturated heterocycles. The lowest BCUT2D eigenvalue weighted by molar-refractivity contribution is 0.799. The van der Waals surface area contributed by atoms with Crippen LogP contribution in [-0.2, 0) is 12.8 Å². The normalized spacial score (nSPS) is 12.5. The van der Waals surface area contributed by atoms with E-state index in [0.717, 1.165) is 22.3 Å². The summed E-state index contributed by atoms with van der Waals surface area (Å²) < 4.78 is 0. The average Bonchev–Trinajstić information content (AvgIpc) is 2.72. The van der Waals surface area contributed by atoms with Crippen LogP contribution in [0.2, 0.25) is 0 Å². The summed E-state index contributed by atoms with van der Waals surface area (Å²) in [7, 11) is 0. The zero-order valence-electron chi connectivity index (χ0n) is 14.5. The first-order valence-corrected chi connectivity index (χ1v) is 8.77. The van der Waals surface area contributed by atoms with E-state index in [1.165, 1.54) is 0 Å². The Morgan fingerprint density at radius 1 is 0.538 bits per heavy atom. The second kappa shape index (κ2) is 8.65. The van der Waals surface area contributed by atoms with Crippen molar-refractivity contribution in [2.24, 2.45) is 0 Å². The average molecular weight is 336 g/mol. The molecule has 2 heteroatoms. The highest BCUT2D eigenvalue weighted by atomic mass is 14.3. The van der Waals surface area contributed by atoms with E-state index in [0.29, 0.717) is 12.8 Å². The van der Waals surface area contributed by atoms with Crippen LogP contribution in [0.5, 0.6) is 0 Å². The van der Waals surface area contributed by atoms with Crippen molar-refractivity contribution in [1.29, 1.82) is 10.5 Å². The molecule has 2 nitrogen and oxygen atoms in total. The van der Waals surface area contributed by atoms with Gasteiger partial charge in [-0.1, -0.05) is 84.9 Å². The van der Waals surface area contributed by atoms with Crippen LogP contribution >= 0.6 is 0 Å². The Bertz CT molecular complexity index is 839. The monoisotopic (exact) mass is 336 g/mol. The fourth-order valence-electron chi connectivity index (χ4n) is 3.24. The van der Waals surface area contributed by atoms with Crippen LogP contribution in [-0.4, -0.2) is 0 Å². The van der Waals surface area contributed by atoms with Crippen molar-refractivity contribution in [3.05, 3.63) is 107 Å². The summed E-state index contributed by atoms with van der Waals surface area (Å²) in [6.07, 6.45) is 1.31. The molecule has 0 N–H and O–H groups in total. The molecule has 3 aromatic rings. The highest BCUT2D eigenvalue weighted by molar-refractivity contribution is 5.36. The lowest BCUT2D eigenvalue weighted by atomic mass is 9.86. The van der Waals surface area contributed by atoms with E-state index in [2.05, 4.69) is 24.3 Å². The Morgan fingerprint density at radius 3 is 1.23 bits per heavy atom. The summed E-state index contributed by atoms with van der Waals surface area (Å²) >= 11 is 0. The van der Waals surface area contributed by atoms with Crippen molar-refractivity contribution >= 4 is 0 Å². The molecule has 0 aliphatic rings. The van der Waals surface area contributed by atoms with Crippen molar-refractivity contribution in [3.8, 4) is 12.1 Å². The third-order valence-electron chi connectivity index (χ3n) is 4.68. The minimum atomic E-state index is -0.186. The fourth-order valence-corrected chi connectivity index (χ4v) is 3.24. The number of nitrogens with zero attached hydrogens (tertiary/aromatic N) is 2. The maximum Gasteiger partial charge on any atom is 0.0753 e. The predicted octanol–water partition coefficient (Wildman–Crippen LogP) is 5.39. The van der Waals surface area contributed by atoms with Gasteiger partial charge >= 0.3 is 0 Å². The Morgan fingerprint density at radius 2 is 0.885 bits per heavy atom. The van der Waals surface area contributed by atoms with Gasteiger partial charge in [-0.05, 0) is 35.1 Å². The molecule has 26 heavy (non-hydrogen) atoms. The maximum atomic E-state index is 9.64. The lowest BCUT2D eigenvalue weighted by Crippen LogP contribution is -2.07. The minimum Gasteiger partial charge on any atom is -0.198 e. The van der Waals surface area contributed by atoms with Gasteiger partial charge in [-0.2, -0.15) is 10.5 Å². The van der Waals surface area contributed by atoms with E-state index >= 15 is 0 Å². The third-order valence-corrected chi connectivity index (χ3v) is 4.68. The summed E-state index contributed by atoms with van der Waals surface area (Å²) in [6.45, 7) is 0. The van der Waals surface area contributed by atoms with E-state index in [4.69, 9.17) is 0 Å². The highest BCUT2D eigenvalue weighted by Crippen LogP contribution is 2.26. The molecule has 0 radical (unpaired) electrons. The molecule has 2 unspecified atom stereocenters. The van der Waals surface area contributed by atoms with Gasteiger partial charge in [-0.25, -0.2) is 0 Å².